The number of nitrogens with zero attached hydrogens (tertiary/aromatic N) is 1. The fourth-order valence-corrected chi connectivity index (χ4v) is 4.28. The maximum Gasteiger partial charge on any atom is 0.269 e. The second-order valence-corrected chi connectivity index (χ2v) is 14.5. The first kappa shape index (κ1) is 27.1. The van der Waals surface area contributed by atoms with Gasteiger partial charge in [0.05, 0.1) is 4.92 Å². The summed E-state index contributed by atoms with van der Waals surface area (Å²) in [4.78, 5) is 35.3. The first-order chi connectivity index (χ1) is 15.7. The van der Waals surface area contributed by atoms with Crippen LogP contribution in [-0.4, -0.2) is 37.3 Å². The third kappa shape index (κ3) is 6.94. The molecule has 0 aliphatic rings. The number of nitro benzene ring substituents is 1. The van der Waals surface area contributed by atoms with E-state index in [4.69, 9.17) is 10.2 Å². The molecule has 2 amide bonds. The van der Waals surface area contributed by atoms with E-state index in [1.807, 2.05) is 39.9 Å². The van der Waals surface area contributed by atoms with Crippen LogP contribution in [0.5, 0.6) is 0 Å². The molecule has 0 saturated carbocycles. The van der Waals surface area contributed by atoms with Crippen LogP contribution < -0.4 is 11.1 Å². The molecule has 34 heavy (non-hydrogen) atoms. The van der Waals surface area contributed by atoms with Crippen LogP contribution in [0.4, 0.5) is 10.1 Å². The predicted molar refractivity (Wildman–Crippen MR) is 130 cm³/mol. The van der Waals surface area contributed by atoms with Gasteiger partial charge in [-0.2, -0.15) is 0 Å². The molecule has 0 heterocycles. The summed E-state index contributed by atoms with van der Waals surface area (Å²) < 4.78 is 21.9. The van der Waals surface area contributed by atoms with E-state index in [9.17, 15) is 19.7 Å². The molecule has 2 rings (SSSR count). The summed E-state index contributed by atoms with van der Waals surface area (Å²) in [6, 6.07) is 13.1. The summed E-state index contributed by atoms with van der Waals surface area (Å²) in [5, 5.41) is 13.1. The number of hydrogen-bond acceptors (Lipinski definition) is 5. The van der Waals surface area contributed by atoms with Gasteiger partial charge in [-0.05, 0) is 41.4 Å². The van der Waals surface area contributed by atoms with Crippen molar-refractivity contribution in [3.05, 3.63) is 75.8 Å². The van der Waals surface area contributed by atoms with Gasteiger partial charge < -0.3 is 15.5 Å². The number of amides is 2. The Morgan fingerprint density at radius 1 is 1.12 bits per heavy atom. The smallest absolute Gasteiger partial charge is 0.269 e. The number of hydrogen-bond donors (Lipinski definition) is 2. The molecule has 0 aliphatic carbocycles. The van der Waals surface area contributed by atoms with E-state index >= 15 is 4.39 Å². The van der Waals surface area contributed by atoms with E-state index in [-0.39, 0.29) is 22.7 Å². The van der Waals surface area contributed by atoms with Crippen molar-refractivity contribution in [3.63, 3.8) is 0 Å². The lowest BCUT2D eigenvalue weighted by atomic mass is 10.0. The number of nitrogens with one attached hydrogen (secondary N) is 1. The van der Waals surface area contributed by atoms with Gasteiger partial charge in [0.2, 0.25) is 12.1 Å². The molecule has 0 spiro atoms. The van der Waals surface area contributed by atoms with E-state index in [1.165, 1.54) is 24.3 Å². The van der Waals surface area contributed by atoms with Crippen LogP contribution in [-0.2, 0) is 20.4 Å². The number of nitro groups is 1. The Hall–Kier alpha value is -3.11. The van der Waals surface area contributed by atoms with Gasteiger partial charge in [0.1, 0.15) is 12.1 Å². The van der Waals surface area contributed by atoms with Crippen LogP contribution in [0.25, 0.3) is 0 Å². The van der Waals surface area contributed by atoms with Crippen molar-refractivity contribution in [1.82, 2.24) is 5.32 Å². The number of rotatable bonds is 10. The molecule has 3 atom stereocenters. The van der Waals surface area contributed by atoms with Crippen LogP contribution in [0.1, 0.15) is 38.0 Å². The lowest BCUT2D eigenvalue weighted by molar-refractivity contribution is -0.384. The number of alkyl halides is 1. The summed E-state index contributed by atoms with van der Waals surface area (Å²) in [6.45, 7) is 9.75. The highest BCUT2D eigenvalue weighted by molar-refractivity contribution is 6.74. The van der Waals surface area contributed by atoms with Gasteiger partial charge in [0.15, 0.2) is 8.32 Å². The number of carbonyl (C=O) groups excluding carboxylic acids is 2. The molecule has 3 N–H and O–H groups in total. The van der Waals surface area contributed by atoms with Gasteiger partial charge in [-0.3, -0.25) is 19.7 Å². The van der Waals surface area contributed by atoms with Crippen molar-refractivity contribution in [2.24, 2.45) is 5.73 Å². The van der Waals surface area contributed by atoms with Crippen molar-refractivity contribution < 1.29 is 23.3 Å². The number of nitrogens with two attached hydrogens (primary N) is 1. The van der Waals surface area contributed by atoms with Crippen LogP contribution in [0, 0.1) is 10.1 Å². The highest BCUT2D eigenvalue weighted by atomic mass is 28.4. The highest BCUT2D eigenvalue weighted by Crippen LogP contribution is 2.41. The molecule has 184 valence electrons. The summed E-state index contributed by atoms with van der Waals surface area (Å²) in [7, 11) is -2.56. The van der Waals surface area contributed by atoms with Gasteiger partial charge in [0, 0.05) is 18.6 Å². The molecule has 0 radical (unpaired) electrons. The zero-order chi connectivity index (χ0) is 25.7. The first-order valence-electron chi connectivity index (χ1n) is 10.9. The SMILES string of the molecule is CC(C)(C)[Si](C)(C)O[C@@H](c1ccc([N+](=O)[O-])cc1)[C@H](F)C(=O)N[C@@H](Cc1ccccc1)C(N)=O. The number of primary amides is 1. The molecule has 2 aromatic rings. The van der Waals surface area contributed by atoms with Crippen molar-refractivity contribution in [3.8, 4) is 0 Å². The van der Waals surface area contributed by atoms with E-state index in [2.05, 4.69) is 5.32 Å². The molecule has 2 aromatic carbocycles. The largest absolute Gasteiger partial charge is 0.406 e. The third-order valence-corrected chi connectivity index (χ3v) is 10.6. The topological polar surface area (TPSA) is 125 Å². The Kier molecular flexibility index (Phi) is 8.68. The first-order valence-corrected chi connectivity index (χ1v) is 13.8. The molecule has 0 aliphatic heterocycles. The van der Waals surface area contributed by atoms with Gasteiger partial charge in [0.25, 0.3) is 11.6 Å². The molecule has 8 nitrogen and oxygen atoms in total. The van der Waals surface area contributed by atoms with E-state index < -0.39 is 43.4 Å². The minimum atomic E-state index is -2.56. The quantitative estimate of drug-likeness (QED) is 0.294. The molecule has 0 fully saturated rings. The van der Waals surface area contributed by atoms with Gasteiger partial charge in [-0.25, -0.2) is 4.39 Å². The Balaban J connectivity index is 2.33. The number of carbonyl (C=O) groups is 2. The lowest BCUT2D eigenvalue weighted by Gasteiger charge is -2.40. The predicted octanol–water partition coefficient (Wildman–Crippen LogP) is 4.21. The monoisotopic (exact) mass is 489 g/mol. The molecule has 0 aromatic heterocycles. The van der Waals surface area contributed by atoms with Gasteiger partial charge >= 0.3 is 0 Å². The lowest BCUT2D eigenvalue weighted by Crippen LogP contribution is -2.51. The average molecular weight is 490 g/mol. The average Bonchev–Trinajstić information content (AvgIpc) is 2.76. The van der Waals surface area contributed by atoms with Crippen molar-refractivity contribution >= 4 is 25.8 Å². The van der Waals surface area contributed by atoms with Crippen molar-refractivity contribution in [2.75, 3.05) is 0 Å². The van der Waals surface area contributed by atoms with E-state index in [0.29, 0.717) is 0 Å². The minimum absolute atomic E-state index is 0.111. The Labute approximate surface area is 200 Å². The zero-order valence-corrected chi connectivity index (χ0v) is 21.1. The molecule has 0 unspecified atom stereocenters. The summed E-state index contributed by atoms with van der Waals surface area (Å²) in [6.07, 6.45) is -3.37. The second kappa shape index (κ2) is 10.9. The van der Waals surface area contributed by atoms with E-state index in [0.717, 1.165) is 5.56 Å². The third-order valence-electron chi connectivity index (χ3n) is 6.12. The fourth-order valence-electron chi connectivity index (χ4n) is 3.04. The molecule has 0 bridgehead atoms. The van der Waals surface area contributed by atoms with Gasteiger partial charge in [-0.1, -0.05) is 51.1 Å². The Bertz CT molecular complexity index is 1010. The maximum atomic E-state index is 15.7. The Morgan fingerprint density at radius 3 is 2.15 bits per heavy atom. The molecule has 0 saturated heterocycles. The summed E-state index contributed by atoms with van der Waals surface area (Å²) in [5.74, 6) is -1.83. The van der Waals surface area contributed by atoms with Crippen LogP contribution >= 0.6 is 0 Å². The number of halogens is 1. The highest BCUT2D eigenvalue weighted by Gasteiger charge is 2.43. The second-order valence-electron chi connectivity index (χ2n) is 9.70. The number of benzene rings is 2. The maximum absolute atomic E-state index is 15.7. The van der Waals surface area contributed by atoms with Crippen molar-refractivity contribution in [2.45, 2.75) is 63.6 Å². The van der Waals surface area contributed by atoms with Crippen LogP contribution in [0.15, 0.2) is 54.6 Å². The standard InChI is InChI=1S/C24H32FN3O5Si/c1-24(2,3)34(4,5)33-21(17-11-13-18(14-12-17)28(31)32)20(25)23(30)27-19(22(26)29)15-16-9-7-6-8-10-16/h6-14,19-21H,15H2,1-5H3,(H2,26,29)(H,27,30)/t19-,20-,21-/m0/s1. The minimum Gasteiger partial charge on any atom is -0.406 e. The zero-order valence-electron chi connectivity index (χ0n) is 20.1. The summed E-state index contributed by atoms with van der Waals surface area (Å²) >= 11 is 0. The summed E-state index contributed by atoms with van der Waals surface area (Å²) in [5.41, 5.74) is 6.34. The van der Waals surface area contributed by atoms with Crippen LogP contribution in [0.2, 0.25) is 18.1 Å². The Morgan fingerprint density at radius 2 is 1.68 bits per heavy atom. The number of non-ortho nitro benzene ring substituents is 1. The van der Waals surface area contributed by atoms with Gasteiger partial charge in [-0.15, -0.1) is 0 Å². The molecular weight excluding hydrogens is 457 g/mol. The van der Waals surface area contributed by atoms with E-state index in [1.54, 1.807) is 24.3 Å². The molecular formula is C24H32FN3O5Si. The van der Waals surface area contributed by atoms with Crippen molar-refractivity contribution in [1.29, 1.82) is 0 Å². The van der Waals surface area contributed by atoms with Crippen LogP contribution in [0.3, 0.4) is 0 Å². The molecule has 10 heteroatoms. The fraction of sp³-hybridized carbons (Fsp3) is 0.417. The normalized spacial score (nSPS) is 14.6.